The highest BCUT2D eigenvalue weighted by Gasteiger charge is 2.15. The molecule has 0 aliphatic carbocycles. The van der Waals surface area contributed by atoms with Crippen LogP contribution < -0.4 is 14.9 Å². The van der Waals surface area contributed by atoms with Gasteiger partial charge < -0.3 is 14.1 Å². The van der Waals surface area contributed by atoms with E-state index < -0.39 is 0 Å². The molecule has 2 heterocycles. The molecule has 0 atom stereocenters. The van der Waals surface area contributed by atoms with Crippen LogP contribution in [-0.4, -0.2) is 12.5 Å². The van der Waals surface area contributed by atoms with Gasteiger partial charge in [0, 0.05) is 12.3 Å². The number of benzene rings is 2. The van der Waals surface area contributed by atoms with Crippen LogP contribution in [0.25, 0.3) is 0 Å². The van der Waals surface area contributed by atoms with Crippen LogP contribution >= 0.6 is 0 Å². The van der Waals surface area contributed by atoms with Crippen LogP contribution in [0.5, 0.6) is 17.2 Å². The quantitative estimate of drug-likeness (QED) is 0.667. The topological polar surface area (TPSA) is 64.4 Å². The Kier molecular flexibility index (Phi) is 4.54. The number of nitrogens with zero attached hydrogens (tertiary/aromatic N) is 2. The summed E-state index contributed by atoms with van der Waals surface area (Å²) in [4.78, 5) is 4.24. The van der Waals surface area contributed by atoms with Gasteiger partial charge in [-0.15, -0.1) is 0 Å². The minimum atomic E-state index is 0.296. The van der Waals surface area contributed by atoms with Crippen LogP contribution in [0.2, 0.25) is 0 Å². The van der Waals surface area contributed by atoms with Crippen LogP contribution in [0.1, 0.15) is 16.8 Å². The third-order valence-corrected chi connectivity index (χ3v) is 4.10. The van der Waals surface area contributed by atoms with Crippen molar-refractivity contribution in [2.24, 2.45) is 0 Å². The van der Waals surface area contributed by atoms with Crippen LogP contribution in [-0.2, 0) is 17.9 Å². The Bertz CT molecular complexity index is 971. The molecule has 4 rings (SSSR count). The highest BCUT2D eigenvalue weighted by Crippen LogP contribution is 2.33. The lowest BCUT2D eigenvalue weighted by atomic mass is 9.87. The Balaban J connectivity index is 1.57. The molecule has 1 aliphatic heterocycles. The van der Waals surface area contributed by atoms with Gasteiger partial charge in [-0.25, -0.2) is 0 Å². The molecule has 1 aromatic heterocycles. The molecule has 1 aliphatic rings. The number of nitriles is 1. The fraction of sp³-hybridized carbons (Fsp3) is 0.100. The molecule has 126 valence electrons. The first kappa shape index (κ1) is 16.2. The van der Waals surface area contributed by atoms with Crippen LogP contribution in [0.3, 0.4) is 0 Å². The van der Waals surface area contributed by atoms with Gasteiger partial charge in [-0.05, 0) is 47.4 Å². The zero-order valence-electron chi connectivity index (χ0n) is 14.0. The van der Waals surface area contributed by atoms with E-state index in [-0.39, 0.29) is 0 Å². The van der Waals surface area contributed by atoms with Crippen molar-refractivity contribution in [2.75, 3.05) is 0 Å². The van der Waals surface area contributed by atoms with E-state index in [2.05, 4.69) is 11.1 Å². The maximum Gasteiger partial charge on any atom is 0.309 e. The Morgan fingerprint density at radius 3 is 2.92 bits per heavy atom. The first-order valence-electron chi connectivity index (χ1n) is 8.26. The number of pyridine rings is 1. The molecule has 0 fully saturated rings. The van der Waals surface area contributed by atoms with Crippen molar-refractivity contribution in [3.8, 4) is 23.3 Å². The summed E-state index contributed by atoms with van der Waals surface area (Å²) in [7, 11) is 0.644. The van der Waals surface area contributed by atoms with Gasteiger partial charge in [-0.2, -0.15) is 5.26 Å². The number of hydrogen-bond donors (Lipinski definition) is 0. The molecule has 0 unspecified atom stereocenters. The molecule has 26 heavy (non-hydrogen) atoms. The fourth-order valence-corrected chi connectivity index (χ4v) is 2.75. The van der Waals surface area contributed by atoms with Gasteiger partial charge in [-0.1, -0.05) is 12.1 Å². The van der Waals surface area contributed by atoms with E-state index >= 15 is 0 Å². The Hall–Kier alpha value is -3.30. The third kappa shape index (κ3) is 3.53. The zero-order chi connectivity index (χ0) is 17.8. The van der Waals surface area contributed by atoms with E-state index in [1.54, 1.807) is 24.4 Å². The Morgan fingerprint density at radius 2 is 2.08 bits per heavy atom. The highest BCUT2D eigenvalue weighted by molar-refractivity contribution is 6.48. The smallest absolute Gasteiger partial charge is 0.309 e. The second kappa shape index (κ2) is 7.30. The van der Waals surface area contributed by atoms with Crippen molar-refractivity contribution in [1.82, 2.24) is 4.98 Å². The predicted molar refractivity (Wildman–Crippen MR) is 97.8 cm³/mol. The lowest BCUT2D eigenvalue weighted by molar-refractivity contribution is 0.287. The van der Waals surface area contributed by atoms with E-state index in [0.29, 0.717) is 43.5 Å². The number of aromatic nitrogens is 1. The molecule has 0 amide bonds. The van der Waals surface area contributed by atoms with E-state index in [9.17, 15) is 0 Å². The SMILES string of the molecule is N#Cc1ccc(Oc2ccc3c(c2)COB3)c(OCc2ccccn2)c1. The molecular formula is C20H15BN2O3. The summed E-state index contributed by atoms with van der Waals surface area (Å²) in [5.41, 5.74) is 3.63. The van der Waals surface area contributed by atoms with E-state index in [1.807, 2.05) is 36.4 Å². The summed E-state index contributed by atoms with van der Waals surface area (Å²) in [5, 5.41) is 9.16. The third-order valence-electron chi connectivity index (χ3n) is 4.10. The monoisotopic (exact) mass is 342 g/mol. The van der Waals surface area contributed by atoms with Crippen molar-refractivity contribution < 1.29 is 14.1 Å². The second-order valence-corrected chi connectivity index (χ2v) is 5.91. The van der Waals surface area contributed by atoms with Gasteiger partial charge in [-0.3, -0.25) is 4.98 Å². The maximum absolute atomic E-state index is 9.16. The molecule has 6 heteroatoms. The average molecular weight is 342 g/mol. The molecule has 2 aromatic carbocycles. The fourth-order valence-electron chi connectivity index (χ4n) is 2.75. The normalized spacial score (nSPS) is 12.0. The zero-order valence-corrected chi connectivity index (χ0v) is 14.0. The summed E-state index contributed by atoms with van der Waals surface area (Å²) >= 11 is 0. The Labute approximate surface area is 152 Å². The molecule has 0 saturated heterocycles. The summed E-state index contributed by atoms with van der Waals surface area (Å²) in [6.07, 6.45) is 1.72. The largest absolute Gasteiger partial charge is 0.483 e. The van der Waals surface area contributed by atoms with E-state index in [0.717, 1.165) is 11.3 Å². The lowest BCUT2D eigenvalue weighted by Gasteiger charge is -2.13. The number of hydrogen-bond acceptors (Lipinski definition) is 5. The maximum atomic E-state index is 9.16. The van der Waals surface area contributed by atoms with Crippen LogP contribution in [0.15, 0.2) is 60.8 Å². The molecule has 0 spiro atoms. The van der Waals surface area contributed by atoms with Crippen molar-refractivity contribution in [1.29, 1.82) is 5.26 Å². The highest BCUT2D eigenvalue weighted by atomic mass is 16.5. The summed E-state index contributed by atoms with van der Waals surface area (Å²) in [6.45, 7) is 0.896. The predicted octanol–water partition coefficient (Wildman–Crippen LogP) is 2.83. The number of fused-ring (bicyclic) bond motifs is 1. The van der Waals surface area contributed by atoms with Gasteiger partial charge in [0.15, 0.2) is 11.5 Å². The van der Waals surface area contributed by atoms with Gasteiger partial charge >= 0.3 is 7.48 Å². The lowest BCUT2D eigenvalue weighted by Crippen LogP contribution is -2.10. The van der Waals surface area contributed by atoms with Crippen LogP contribution in [0, 0.1) is 11.3 Å². The summed E-state index contributed by atoms with van der Waals surface area (Å²) in [5.74, 6) is 1.77. The van der Waals surface area contributed by atoms with Gasteiger partial charge in [0.25, 0.3) is 0 Å². The minimum Gasteiger partial charge on any atom is -0.483 e. The minimum absolute atomic E-state index is 0.296. The molecule has 3 aromatic rings. The molecule has 0 radical (unpaired) electrons. The first-order chi connectivity index (χ1) is 12.8. The van der Waals surface area contributed by atoms with Crippen LogP contribution in [0.4, 0.5) is 0 Å². The summed E-state index contributed by atoms with van der Waals surface area (Å²) < 4.78 is 17.3. The number of ether oxygens (including phenoxy) is 2. The van der Waals surface area contributed by atoms with Gasteiger partial charge in [0.2, 0.25) is 0 Å². The molecule has 0 N–H and O–H groups in total. The molecule has 0 bridgehead atoms. The number of rotatable bonds is 5. The Morgan fingerprint density at radius 1 is 1.12 bits per heavy atom. The molecule has 0 saturated carbocycles. The van der Waals surface area contributed by atoms with Gasteiger partial charge in [0.1, 0.15) is 12.4 Å². The second-order valence-electron chi connectivity index (χ2n) is 5.91. The first-order valence-corrected chi connectivity index (χ1v) is 8.26. The molecule has 5 nitrogen and oxygen atoms in total. The van der Waals surface area contributed by atoms with E-state index in [1.165, 1.54) is 5.46 Å². The van der Waals surface area contributed by atoms with Gasteiger partial charge in [0.05, 0.1) is 23.9 Å². The molecular weight excluding hydrogens is 327 g/mol. The van der Waals surface area contributed by atoms with Crippen molar-refractivity contribution >= 4 is 12.9 Å². The van der Waals surface area contributed by atoms with Crippen molar-refractivity contribution in [3.05, 3.63) is 77.6 Å². The van der Waals surface area contributed by atoms with E-state index in [4.69, 9.17) is 19.4 Å². The van der Waals surface area contributed by atoms with Crippen molar-refractivity contribution in [2.45, 2.75) is 13.2 Å². The summed E-state index contributed by atoms with van der Waals surface area (Å²) in [6, 6.07) is 18.8. The standard InChI is InChI=1S/C20H15BN2O3/c22-11-14-4-7-19(20(9-14)24-13-16-3-1-2-8-23-16)26-17-5-6-18-15(10-17)12-25-21-18/h1-10,21H,12-13H2. The van der Waals surface area contributed by atoms with Crippen molar-refractivity contribution in [3.63, 3.8) is 0 Å². The average Bonchev–Trinajstić information content (AvgIpc) is 3.16.